The van der Waals surface area contributed by atoms with Crippen LogP contribution in [0.1, 0.15) is 35.7 Å². The second-order valence-corrected chi connectivity index (χ2v) is 5.00. The summed E-state index contributed by atoms with van der Waals surface area (Å²) in [6, 6.07) is 1.68. The molecule has 2 rings (SSSR count). The third-order valence-corrected chi connectivity index (χ3v) is 3.66. The Morgan fingerprint density at radius 3 is 3.24 bits per heavy atom. The van der Waals surface area contributed by atoms with Crippen LogP contribution in [-0.4, -0.2) is 36.7 Å². The highest BCUT2D eigenvalue weighted by atomic mass is 16.5. The van der Waals surface area contributed by atoms with Crippen molar-refractivity contribution < 1.29 is 9.53 Å². The topological polar surface area (TPSA) is 77.2 Å². The van der Waals surface area contributed by atoms with E-state index in [4.69, 9.17) is 10.5 Å². The lowest BCUT2D eigenvalue weighted by molar-refractivity contribution is 0.0826. The lowest BCUT2D eigenvalue weighted by Gasteiger charge is -2.17. The molecule has 2 atom stereocenters. The predicted molar refractivity (Wildman–Crippen MR) is 80.6 cm³/mol. The summed E-state index contributed by atoms with van der Waals surface area (Å²) in [4.78, 5) is 16.3. The number of hydrogen-bond donors (Lipinski definition) is 2. The van der Waals surface area contributed by atoms with Gasteiger partial charge in [0, 0.05) is 31.5 Å². The van der Waals surface area contributed by atoms with Gasteiger partial charge in [-0.25, -0.2) is 0 Å². The van der Waals surface area contributed by atoms with Crippen molar-refractivity contribution in [1.82, 2.24) is 10.3 Å². The minimum atomic E-state index is -0.125. The molecule has 112 valence electrons. The van der Waals surface area contributed by atoms with Gasteiger partial charge in [-0.1, -0.05) is 18.8 Å². The molecule has 1 aromatic rings. The second kappa shape index (κ2) is 7.77. The van der Waals surface area contributed by atoms with Gasteiger partial charge in [0.25, 0.3) is 5.91 Å². The molecule has 1 aliphatic heterocycles. The van der Waals surface area contributed by atoms with Crippen LogP contribution in [0, 0.1) is 17.8 Å². The molecule has 1 amide bonds. The molecule has 0 bridgehead atoms. The number of nitrogens with zero attached hydrogens (tertiary/aromatic N) is 1. The van der Waals surface area contributed by atoms with E-state index in [0.717, 1.165) is 19.4 Å². The molecule has 1 fully saturated rings. The third kappa shape index (κ3) is 4.03. The zero-order valence-corrected chi connectivity index (χ0v) is 12.3. The van der Waals surface area contributed by atoms with E-state index in [2.05, 4.69) is 29.1 Å². The Balaban J connectivity index is 2.00. The maximum Gasteiger partial charge on any atom is 0.252 e. The van der Waals surface area contributed by atoms with E-state index in [1.165, 1.54) is 0 Å². The van der Waals surface area contributed by atoms with E-state index < -0.39 is 0 Å². The number of nitrogens with two attached hydrogens (primary N) is 1. The highest BCUT2D eigenvalue weighted by Crippen LogP contribution is 2.22. The molecule has 2 unspecified atom stereocenters. The lowest BCUT2D eigenvalue weighted by Crippen LogP contribution is -2.33. The van der Waals surface area contributed by atoms with Crippen LogP contribution in [-0.2, 0) is 4.74 Å². The van der Waals surface area contributed by atoms with Crippen molar-refractivity contribution in [2.45, 2.75) is 25.9 Å². The average Bonchev–Trinajstić information content (AvgIpc) is 2.98. The largest absolute Gasteiger partial charge is 0.378 e. The molecule has 1 saturated heterocycles. The summed E-state index contributed by atoms with van der Waals surface area (Å²) >= 11 is 0. The van der Waals surface area contributed by atoms with Crippen molar-refractivity contribution in [3.05, 3.63) is 29.6 Å². The number of ether oxygens (including phenoxy) is 1. The molecular weight excluding hydrogens is 266 g/mol. The summed E-state index contributed by atoms with van der Waals surface area (Å²) in [5.41, 5.74) is 6.51. The Labute approximate surface area is 125 Å². The van der Waals surface area contributed by atoms with Crippen molar-refractivity contribution in [2.75, 3.05) is 19.7 Å². The number of rotatable bonds is 4. The van der Waals surface area contributed by atoms with E-state index >= 15 is 0 Å². The zero-order valence-electron chi connectivity index (χ0n) is 12.3. The molecule has 1 aromatic heterocycles. The fourth-order valence-corrected chi connectivity index (χ4v) is 2.53. The van der Waals surface area contributed by atoms with Crippen molar-refractivity contribution in [3.8, 4) is 11.8 Å². The van der Waals surface area contributed by atoms with Crippen LogP contribution in [0.4, 0.5) is 0 Å². The number of carbonyl (C=O) groups is 1. The minimum absolute atomic E-state index is 0.125. The van der Waals surface area contributed by atoms with Crippen LogP contribution in [0.25, 0.3) is 0 Å². The number of amides is 1. The predicted octanol–water partition coefficient (Wildman–Crippen LogP) is 0.937. The number of aromatic nitrogens is 1. The van der Waals surface area contributed by atoms with Crippen LogP contribution in [0.3, 0.4) is 0 Å². The first-order chi connectivity index (χ1) is 10.3. The van der Waals surface area contributed by atoms with Crippen LogP contribution >= 0.6 is 0 Å². The van der Waals surface area contributed by atoms with E-state index in [-0.39, 0.29) is 18.6 Å². The minimum Gasteiger partial charge on any atom is -0.378 e. The molecule has 21 heavy (non-hydrogen) atoms. The highest BCUT2D eigenvalue weighted by Gasteiger charge is 2.27. The van der Waals surface area contributed by atoms with Gasteiger partial charge in [-0.3, -0.25) is 9.78 Å². The summed E-state index contributed by atoms with van der Waals surface area (Å²) in [5, 5.41) is 2.98. The summed E-state index contributed by atoms with van der Waals surface area (Å²) in [5.74, 6) is 5.89. The summed E-state index contributed by atoms with van der Waals surface area (Å²) < 4.78 is 5.63. The SMILES string of the molecule is CCC1OCCC1CNC(=O)c1ccncc1C#CCN. The van der Waals surface area contributed by atoms with Crippen molar-refractivity contribution in [2.24, 2.45) is 11.7 Å². The van der Waals surface area contributed by atoms with Gasteiger partial charge in [-0.15, -0.1) is 0 Å². The average molecular weight is 287 g/mol. The quantitative estimate of drug-likeness (QED) is 0.808. The normalized spacial score (nSPS) is 20.7. The standard InChI is InChI=1S/C16H21N3O2/c1-2-15-13(6-9-21-15)11-19-16(20)14-5-8-18-10-12(14)4-3-7-17/h5,8,10,13,15H,2,6-7,9,11,17H2,1H3,(H,19,20). The monoisotopic (exact) mass is 287 g/mol. The summed E-state index contributed by atoms with van der Waals surface area (Å²) in [6.07, 6.45) is 5.40. The smallest absolute Gasteiger partial charge is 0.252 e. The second-order valence-electron chi connectivity index (χ2n) is 5.00. The lowest BCUT2D eigenvalue weighted by atomic mass is 9.99. The first-order valence-electron chi connectivity index (χ1n) is 7.29. The fraction of sp³-hybridized carbons (Fsp3) is 0.500. The van der Waals surface area contributed by atoms with Crippen molar-refractivity contribution in [1.29, 1.82) is 0 Å². The van der Waals surface area contributed by atoms with Gasteiger partial charge in [-0.05, 0) is 18.9 Å². The van der Waals surface area contributed by atoms with E-state index in [0.29, 0.717) is 23.6 Å². The van der Waals surface area contributed by atoms with Crippen LogP contribution in [0.5, 0.6) is 0 Å². The van der Waals surface area contributed by atoms with Gasteiger partial charge in [-0.2, -0.15) is 0 Å². The number of pyridine rings is 1. The Hall–Kier alpha value is -1.90. The zero-order chi connectivity index (χ0) is 15.1. The van der Waals surface area contributed by atoms with Crippen molar-refractivity contribution >= 4 is 5.91 Å². The van der Waals surface area contributed by atoms with Gasteiger partial charge in [0.05, 0.1) is 23.8 Å². The molecule has 0 aromatic carbocycles. The van der Waals surface area contributed by atoms with Gasteiger partial charge in [0.2, 0.25) is 0 Å². The molecular formula is C16H21N3O2. The number of carbonyl (C=O) groups excluding carboxylic acids is 1. The summed E-state index contributed by atoms with van der Waals surface area (Å²) in [7, 11) is 0. The molecule has 0 spiro atoms. The molecule has 0 radical (unpaired) electrons. The number of hydrogen-bond acceptors (Lipinski definition) is 4. The number of nitrogens with one attached hydrogen (secondary N) is 1. The first-order valence-corrected chi connectivity index (χ1v) is 7.29. The maximum absolute atomic E-state index is 12.3. The van der Waals surface area contributed by atoms with Gasteiger partial charge in [0.15, 0.2) is 0 Å². The van der Waals surface area contributed by atoms with Gasteiger partial charge < -0.3 is 15.8 Å². The van der Waals surface area contributed by atoms with E-state index in [1.807, 2.05) is 0 Å². The van der Waals surface area contributed by atoms with Crippen molar-refractivity contribution in [3.63, 3.8) is 0 Å². The molecule has 0 aliphatic carbocycles. The Morgan fingerprint density at radius 2 is 2.48 bits per heavy atom. The molecule has 0 saturated carbocycles. The maximum atomic E-state index is 12.3. The Kier molecular flexibility index (Phi) is 5.73. The van der Waals surface area contributed by atoms with E-state index in [1.54, 1.807) is 18.5 Å². The van der Waals surface area contributed by atoms with Crippen LogP contribution < -0.4 is 11.1 Å². The molecule has 5 nitrogen and oxygen atoms in total. The highest BCUT2D eigenvalue weighted by molar-refractivity contribution is 5.96. The first kappa shape index (κ1) is 15.5. The fourth-order valence-electron chi connectivity index (χ4n) is 2.53. The Bertz CT molecular complexity index is 548. The van der Waals surface area contributed by atoms with Gasteiger partial charge in [0.1, 0.15) is 0 Å². The van der Waals surface area contributed by atoms with E-state index in [9.17, 15) is 4.79 Å². The van der Waals surface area contributed by atoms with Crippen LogP contribution in [0.2, 0.25) is 0 Å². The molecule has 5 heteroatoms. The molecule has 2 heterocycles. The van der Waals surface area contributed by atoms with Gasteiger partial charge >= 0.3 is 0 Å². The molecule has 1 aliphatic rings. The third-order valence-electron chi connectivity index (χ3n) is 3.66. The molecule has 3 N–H and O–H groups in total. The Morgan fingerprint density at radius 1 is 1.62 bits per heavy atom. The van der Waals surface area contributed by atoms with Crippen LogP contribution in [0.15, 0.2) is 18.5 Å². The summed E-state index contributed by atoms with van der Waals surface area (Å²) in [6.45, 7) is 3.77.